The van der Waals surface area contributed by atoms with Crippen molar-refractivity contribution in [1.82, 2.24) is 14.9 Å². The normalized spacial score (nSPS) is 19.5. The first-order valence-electron chi connectivity index (χ1n) is 10.5. The Labute approximate surface area is 187 Å². The first-order chi connectivity index (χ1) is 14.9. The Balaban J connectivity index is 1.49. The second-order valence-electron chi connectivity index (χ2n) is 8.27. The Kier molecular flexibility index (Phi) is 6.39. The number of carbonyl (C=O) groups excluding carboxylic acids is 1. The number of aldehydes is 1. The van der Waals surface area contributed by atoms with Crippen LogP contribution in [0.1, 0.15) is 25.0 Å². The molecule has 162 valence electrons. The number of hydrogen-bond acceptors (Lipinski definition) is 6. The number of nitrogens with zero attached hydrogens (tertiary/aromatic N) is 4. The van der Waals surface area contributed by atoms with Crippen LogP contribution in [0.15, 0.2) is 42.6 Å². The molecule has 0 spiro atoms. The summed E-state index contributed by atoms with van der Waals surface area (Å²) in [7, 11) is 0. The lowest BCUT2D eigenvalue weighted by Gasteiger charge is -2.45. The van der Waals surface area contributed by atoms with Gasteiger partial charge in [-0.3, -0.25) is 14.7 Å². The molecule has 4 rings (SSSR count). The third-order valence-corrected chi connectivity index (χ3v) is 5.95. The Morgan fingerprint density at radius 2 is 1.90 bits per heavy atom. The number of carbonyl (C=O) groups is 1. The third kappa shape index (κ3) is 4.97. The topological polar surface area (TPSA) is 58.6 Å². The Bertz CT molecular complexity index is 1080. The van der Waals surface area contributed by atoms with Crippen molar-refractivity contribution < 1.29 is 9.53 Å². The van der Waals surface area contributed by atoms with Crippen molar-refractivity contribution in [3.63, 3.8) is 0 Å². The predicted molar refractivity (Wildman–Crippen MR) is 124 cm³/mol. The highest BCUT2D eigenvalue weighted by atomic mass is 35.5. The summed E-state index contributed by atoms with van der Waals surface area (Å²) < 4.78 is 5.52. The maximum Gasteiger partial charge on any atom is 0.157 e. The zero-order valence-electron chi connectivity index (χ0n) is 18.1. The Morgan fingerprint density at radius 3 is 2.65 bits per heavy atom. The molecule has 31 heavy (non-hydrogen) atoms. The van der Waals surface area contributed by atoms with E-state index >= 15 is 0 Å². The number of aryl methyl sites for hydroxylation is 1. The molecule has 2 heterocycles. The molecule has 1 saturated heterocycles. The highest BCUT2D eigenvalue weighted by Crippen LogP contribution is 2.26. The zero-order valence-corrected chi connectivity index (χ0v) is 18.8. The monoisotopic (exact) mass is 438 g/mol. The maximum absolute atomic E-state index is 10.6. The first kappa shape index (κ1) is 21.5. The predicted octanol–water partition coefficient (Wildman–Crippen LogP) is 4.27. The van der Waals surface area contributed by atoms with Crippen molar-refractivity contribution in [2.45, 2.75) is 39.4 Å². The van der Waals surface area contributed by atoms with E-state index in [-0.39, 0.29) is 6.61 Å². The van der Waals surface area contributed by atoms with Gasteiger partial charge in [0.15, 0.2) is 6.29 Å². The lowest BCUT2D eigenvalue weighted by Crippen LogP contribution is -2.56. The quantitative estimate of drug-likeness (QED) is 0.536. The number of piperazine rings is 1. The van der Waals surface area contributed by atoms with Gasteiger partial charge in [-0.2, -0.15) is 0 Å². The molecule has 2 atom stereocenters. The van der Waals surface area contributed by atoms with Crippen LogP contribution in [-0.2, 0) is 11.3 Å². The van der Waals surface area contributed by atoms with E-state index in [0.717, 1.165) is 54.1 Å². The Morgan fingerprint density at radius 1 is 1.13 bits per heavy atom. The number of halogens is 1. The van der Waals surface area contributed by atoms with Crippen LogP contribution in [0, 0.1) is 6.92 Å². The summed E-state index contributed by atoms with van der Waals surface area (Å²) in [5.74, 6) is 1.64. The van der Waals surface area contributed by atoms with Gasteiger partial charge in [0, 0.05) is 36.7 Å². The standard InChI is InChI=1S/C24H27ClN4O2/c1-16-8-19(10-21(9-16)31-7-6-30)15-29-17(2)13-28(14-18(29)3)24-12-26-23-11-20(25)4-5-22(23)27-24/h4-6,8-12,17-18H,7,13-15H2,1-3H3. The largest absolute Gasteiger partial charge is 0.486 e. The highest BCUT2D eigenvalue weighted by molar-refractivity contribution is 6.31. The summed E-state index contributed by atoms with van der Waals surface area (Å²) in [6, 6.07) is 12.5. The fourth-order valence-electron chi connectivity index (χ4n) is 4.32. The first-order valence-corrected chi connectivity index (χ1v) is 10.9. The van der Waals surface area contributed by atoms with Crippen LogP contribution in [0.3, 0.4) is 0 Å². The smallest absolute Gasteiger partial charge is 0.157 e. The van der Waals surface area contributed by atoms with Gasteiger partial charge in [0.1, 0.15) is 18.2 Å². The number of aromatic nitrogens is 2. The summed E-state index contributed by atoms with van der Waals surface area (Å²) >= 11 is 6.07. The molecular weight excluding hydrogens is 412 g/mol. The molecule has 2 aromatic carbocycles. The summed E-state index contributed by atoms with van der Waals surface area (Å²) in [5, 5.41) is 0.668. The van der Waals surface area contributed by atoms with Crippen LogP contribution in [0.5, 0.6) is 5.75 Å². The average Bonchev–Trinajstić information content (AvgIpc) is 2.74. The fraction of sp³-hybridized carbons (Fsp3) is 0.375. The van der Waals surface area contributed by atoms with Crippen molar-refractivity contribution in [2.24, 2.45) is 0 Å². The lowest BCUT2D eigenvalue weighted by atomic mass is 10.0. The molecule has 1 aliphatic heterocycles. The van der Waals surface area contributed by atoms with Crippen LogP contribution < -0.4 is 9.64 Å². The summed E-state index contributed by atoms with van der Waals surface area (Å²) in [6.07, 6.45) is 2.61. The van der Waals surface area contributed by atoms with Gasteiger partial charge in [0.25, 0.3) is 0 Å². The molecule has 7 heteroatoms. The molecule has 0 radical (unpaired) electrons. The lowest BCUT2D eigenvalue weighted by molar-refractivity contribution is -0.109. The number of rotatable bonds is 6. The van der Waals surface area contributed by atoms with E-state index in [9.17, 15) is 4.79 Å². The molecule has 3 aromatic rings. The molecule has 0 N–H and O–H groups in total. The molecule has 0 amide bonds. The number of ether oxygens (including phenoxy) is 1. The molecular formula is C24H27ClN4O2. The Hall–Kier alpha value is -2.70. The number of anilines is 1. The van der Waals surface area contributed by atoms with Gasteiger partial charge >= 0.3 is 0 Å². The van der Waals surface area contributed by atoms with Crippen LogP contribution in [-0.4, -0.2) is 52.9 Å². The SMILES string of the molecule is Cc1cc(CN2C(C)CN(c3cnc4cc(Cl)ccc4n3)CC2C)cc(OCC=O)c1. The van der Waals surface area contributed by atoms with Crippen LogP contribution in [0.2, 0.25) is 5.02 Å². The van der Waals surface area contributed by atoms with Crippen molar-refractivity contribution in [3.05, 3.63) is 58.7 Å². The number of hydrogen-bond donors (Lipinski definition) is 0. The minimum atomic E-state index is 0.0768. The molecule has 0 saturated carbocycles. The molecule has 0 bridgehead atoms. The van der Waals surface area contributed by atoms with E-state index in [4.69, 9.17) is 21.3 Å². The minimum absolute atomic E-state index is 0.0768. The molecule has 0 aliphatic carbocycles. The number of benzene rings is 2. The second-order valence-corrected chi connectivity index (χ2v) is 8.71. The van der Waals surface area contributed by atoms with Gasteiger partial charge in [-0.15, -0.1) is 0 Å². The van der Waals surface area contributed by atoms with E-state index in [1.54, 1.807) is 0 Å². The molecule has 2 unspecified atom stereocenters. The van der Waals surface area contributed by atoms with Crippen molar-refractivity contribution in [2.75, 3.05) is 24.6 Å². The van der Waals surface area contributed by atoms with Gasteiger partial charge in [0.2, 0.25) is 0 Å². The average molecular weight is 439 g/mol. The zero-order chi connectivity index (χ0) is 22.0. The van der Waals surface area contributed by atoms with Gasteiger partial charge in [0.05, 0.1) is 17.2 Å². The van der Waals surface area contributed by atoms with Crippen LogP contribution in [0.4, 0.5) is 5.82 Å². The van der Waals surface area contributed by atoms with E-state index in [2.05, 4.69) is 34.7 Å². The van der Waals surface area contributed by atoms with Crippen LogP contribution in [0.25, 0.3) is 11.0 Å². The summed E-state index contributed by atoms with van der Waals surface area (Å²) in [5.41, 5.74) is 3.98. The maximum atomic E-state index is 10.6. The highest BCUT2D eigenvalue weighted by Gasteiger charge is 2.30. The van der Waals surface area contributed by atoms with E-state index in [0.29, 0.717) is 17.1 Å². The van der Waals surface area contributed by atoms with Crippen molar-refractivity contribution >= 4 is 34.7 Å². The summed E-state index contributed by atoms with van der Waals surface area (Å²) in [4.78, 5) is 24.8. The molecule has 6 nitrogen and oxygen atoms in total. The molecule has 1 aliphatic rings. The van der Waals surface area contributed by atoms with Gasteiger partial charge in [-0.1, -0.05) is 17.7 Å². The fourth-order valence-corrected chi connectivity index (χ4v) is 4.49. The summed E-state index contributed by atoms with van der Waals surface area (Å²) in [6.45, 7) is 9.20. The van der Waals surface area contributed by atoms with E-state index in [1.165, 1.54) is 5.56 Å². The minimum Gasteiger partial charge on any atom is -0.486 e. The van der Waals surface area contributed by atoms with Crippen molar-refractivity contribution in [3.8, 4) is 5.75 Å². The van der Waals surface area contributed by atoms with Gasteiger partial charge in [-0.25, -0.2) is 4.98 Å². The van der Waals surface area contributed by atoms with Crippen LogP contribution >= 0.6 is 11.6 Å². The molecule has 1 fully saturated rings. The van der Waals surface area contributed by atoms with Crippen molar-refractivity contribution in [1.29, 1.82) is 0 Å². The van der Waals surface area contributed by atoms with E-state index < -0.39 is 0 Å². The third-order valence-electron chi connectivity index (χ3n) is 5.71. The van der Waals surface area contributed by atoms with Gasteiger partial charge in [-0.05, 0) is 62.2 Å². The number of fused-ring (bicyclic) bond motifs is 1. The van der Waals surface area contributed by atoms with Gasteiger partial charge < -0.3 is 9.64 Å². The van der Waals surface area contributed by atoms with E-state index in [1.807, 2.05) is 43.5 Å². The molecule has 1 aromatic heterocycles. The second kappa shape index (κ2) is 9.20.